The van der Waals surface area contributed by atoms with Crippen molar-refractivity contribution in [3.63, 3.8) is 0 Å². The molecule has 0 aliphatic carbocycles. The number of benzene rings is 1. The van der Waals surface area contributed by atoms with Crippen LogP contribution in [-0.2, 0) is 9.53 Å². The number of carboxylic acids is 1. The first-order chi connectivity index (χ1) is 10.1. The Morgan fingerprint density at radius 3 is 2.52 bits per heavy atom. The quantitative estimate of drug-likeness (QED) is 0.849. The van der Waals surface area contributed by atoms with Crippen molar-refractivity contribution in [1.82, 2.24) is 0 Å². The van der Waals surface area contributed by atoms with Gasteiger partial charge in [-0.3, -0.25) is 0 Å². The molecule has 1 aromatic carbocycles. The summed E-state index contributed by atoms with van der Waals surface area (Å²) in [5.41, 5.74) is 0.130. The van der Waals surface area contributed by atoms with Crippen molar-refractivity contribution in [2.75, 3.05) is 19.8 Å². The average Bonchev–Trinajstić information content (AvgIpc) is 2.45. The van der Waals surface area contributed by atoms with Crippen molar-refractivity contribution in [3.8, 4) is 5.75 Å². The smallest absolute Gasteiger partial charge is 0.328 e. The molecule has 4 nitrogen and oxygen atoms in total. The molecule has 0 unspecified atom stereocenters. The second-order valence-corrected chi connectivity index (χ2v) is 4.85. The fourth-order valence-corrected chi connectivity index (χ4v) is 2.10. The van der Waals surface area contributed by atoms with E-state index in [9.17, 15) is 13.6 Å². The lowest BCUT2D eigenvalue weighted by molar-refractivity contribution is -0.131. The molecule has 6 heteroatoms. The average molecular weight is 298 g/mol. The third-order valence-electron chi connectivity index (χ3n) is 3.24. The van der Waals surface area contributed by atoms with Gasteiger partial charge in [0, 0.05) is 19.3 Å². The number of carbonyl (C=O) groups is 1. The molecule has 0 saturated carbocycles. The molecule has 1 N–H and O–H groups in total. The van der Waals surface area contributed by atoms with Crippen LogP contribution in [-0.4, -0.2) is 30.9 Å². The number of aliphatic carboxylic acids is 1. The van der Waals surface area contributed by atoms with Gasteiger partial charge in [-0.1, -0.05) is 0 Å². The van der Waals surface area contributed by atoms with Crippen LogP contribution in [0.1, 0.15) is 18.4 Å². The number of ether oxygens (including phenoxy) is 2. The lowest BCUT2D eigenvalue weighted by Crippen LogP contribution is -2.22. The van der Waals surface area contributed by atoms with Crippen LogP contribution < -0.4 is 4.74 Å². The molecule has 2 rings (SSSR count). The highest BCUT2D eigenvalue weighted by Crippen LogP contribution is 2.25. The van der Waals surface area contributed by atoms with Gasteiger partial charge >= 0.3 is 5.97 Å². The van der Waals surface area contributed by atoms with E-state index >= 15 is 0 Å². The number of hydrogen-bond donors (Lipinski definition) is 1. The van der Waals surface area contributed by atoms with E-state index in [-0.39, 0.29) is 18.1 Å². The maximum absolute atomic E-state index is 13.8. The summed E-state index contributed by atoms with van der Waals surface area (Å²) in [6.07, 6.45) is 3.55. The molecule has 0 bridgehead atoms. The Balaban J connectivity index is 2.04. The number of rotatable bonds is 5. The molecule has 0 spiro atoms. The van der Waals surface area contributed by atoms with Crippen LogP contribution in [0.15, 0.2) is 18.2 Å². The second kappa shape index (κ2) is 7.17. The molecular formula is C15H16F2O4. The van der Waals surface area contributed by atoms with E-state index in [1.54, 1.807) is 0 Å². The van der Waals surface area contributed by atoms with Crippen LogP contribution in [0.2, 0.25) is 0 Å². The van der Waals surface area contributed by atoms with Crippen molar-refractivity contribution in [2.45, 2.75) is 12.8 Å². The van der Waals surface area contributed by atoms with Crippen molar-refractivity contribution in [3.05, 3.63) is 35.4 Å². The Kier molecular flexibility index (Phi) is 5.27. The molecule has 0 radical (unpaired) electrons. The summed E-state index contributed by atoms with van der Waals surface area (Å²) in [5.74, 6) is -3.06. The Bertz CT molecular complexity index is 513. The van der Waals surface area contributed by atoms with E-state index in [0.29, 0.717) is 13.2 Å². The van der Waals surface area contributed by atoms with Crippen molar-refractivity contribution in [1.29, 1.82) is 0 Å². The molecule has 1 aromatic rings. The van der Waals surface area contributed by atoms with Gasteiger partial charge in [-0.25, -0.2) is 13.6 Å². The standard InChI is InChI=1S/C15H16F2O4/c16-12-7-11(1-2-14(18)19)8-13(17)15(12)21-9-10-3-5-20-6-4-10/h1-2,7-8,10H,3-6,9H2,(H,18,19). The predicted octanol–water partition coefficient (Wildman–Crippen LogP) is 2.87. The van der Waals surface area contributed by atoms with E-state index in [2.05, 4.69) is 0 Å². The van der Waals surface area contributed by atoms with E-state index in [0.717, 1.165) is 37.1 Å². The third-order valence-corrected chi connectivity index (χ3v) is 3.24. The lowest BCUT2D eigenvalue weighted by Gasteiger charge is -2.22. The van der Waals surface area contributed by atoms with Crippen molar-refractivity contribution in [2.24, 2.45) is 5.92 Å². The van der Waals surface area contributed by atoms with Gasteiger partial charge in [-0.15, -0.1) is 0 Å². The summed E-state index contributed by atoms with van der Waals surface area (Å²) < 4.78 is 38.1. The van der Waals surface area contributed by atoms with Gasteiger partial charge < -0.3 is 14.6 Å². The summed E-state index contributed by atoms with van der Waals surface area (Å²) in [5, 5.41) is 8.49. The van der Waals surface area contributed by atoms with Gasteiger partial charge in [0.25, 0.3) is 0 Å². The van der Waals surface area contributed by atoms with E-state index < -0.39 is 23.4 Å². The maximum atomic E-state index is 13.8. The zero-order valence-corrected chi connectivity index (χ0v) is 11.4. The molecule has 21 heavy (non-hydrogen) atoms. The van der Waals surface area contributed by atoms with Gasteiger partial charge in [-0.05, 0) is 42.5 Å². The monoisotopic (exact) mass is 298 g/mol. The number of carboxylic acid groups (broad SMARTS) is 1. The Labute approximate surface area is 121 Å². The molecule has 0 atom stereocenters. The van der Waals surface area contributed by atoms with Crippen molar-refractivity contribution >= 4 is 12.0 Å². The molecule has 1 aliphatic heterocycles. The first-order valence-corrected chi connectivity index (χ1v) is 6.67. The van der Waals surface area contributed by atoms with Crippen LogP contribution in [0.4, 0.5) is 8.78 Å². The van der Waals surface area contributed by atoms with E-state index in [1.165, 1.54) is 0 Å². The highest BCUT2D eigenvalue weighted by atomic mass is 19.1. The molecule has 0 amide bonds. The summed E-state index contributed by atoms with van der Waals surface area (Å²) in [6.45, 7) is 1.51. The Hall–Kier alpha value is -1.95. The van der Waals surface area contributed by atoms with E-state index in [4.69, 9.17) is 14.6 Å². The van der Waals surface area contributed by atoms with Gasteiger partial charge in [0.1, 0.15) is 0 Å². The minimum Gasteiger partial charge on any atom is -0.487 e. The fraction of sp³-hybridized carbons (Fsp3) is 0.400. The van der Waals surface area contributed by atoms with Gasteiger partial charge in [0.2, 0.25) is 0 Å². The topological polar surface area (TPSA) is 55.8 Å². The normalized spacial score (nSPS) is 16.3. The number of halogens is 2. The SMILES string of the molecule is O=C(O)C=Cc1cc(F)c(OCC2CCOCC2)c(F)c1. The lowest BCUT2D eigenvalue weighted by atomic mass is 10.0. The molecule has 1 aliphatic rings. The minimum atomic E-state index is -1.18. The van der Waals surface area contributed by atoms with Gasteiger partial charge in [-0.2, -0.15) is 0 Å². The van der Waals surface area contributed by atoms with Crippen LogP contribution in [0.25, 0.3) is 6.08 Å². The first-order valence-electron chi connectivity index (χ1n) is 6.67. The van der Waals surface area contributed by atoms with Crippen molar-refractivity contribution < 1.29 is 28.2 Å². The zero-order chi connectivity index (χ0) is 15.2. The first kappa shape index (κ1) is 15.4. The fourth-order valence-electron chi connectivity index (χ4n) is 2.10. The second-order valence-electron chi connectivity index (χ2n) is 4.85. The summed E-state index contributed by atoms with van der Waals surface area (Å²) in [7, 11) is 0. The van der Waals surface area contributed by atoms with Gasteiger partial charge in [0.15, 0.2) is 17.4 Å². The molecular weight excluding hydrogens is 282 g/mol. The van der Waals surface area contributed by atoms with Crippen LogP contribution >= 0.6 is 0 Å². The predicted molar refractivity (Wildman–Crippen MR) is 72.1 cm³/mol. The molecule has 1 fully saturated rings. The maximum Gasteiger partial charge on any atom is 0.328 e. The van der Waals surface area contributed by atoms with E-state index in [1.807, 2.05) is 0 Å². The summed E-state index contributed by atoms with van der Waals surface area (Å²) in [6, 6.07) is 2.09. The molecule has 0 aromatic heterocycles. The zero-order valence-electron chi connectivity index (χ0n) is 11.4. The summed E-state index contributed by atoms with van der Waals surface area (Å²) in [4.78, 5) is 10.4. The Morgan fingerprint density at radius 1 is 1.33 bits per heavy atom. The highest BCUT2D eigenvalue weighted by Gasteiger charge is 2.17. The highest BCUT2D eigenvalue weighted by molar-refractivity contribution is 5.85. The molecule has 1 saturated heterocycles. The summed E-state index contributed by atoms with van der Waals surface area (Å²) >= 11 is 0. The third kappa shape index (κ3) is 4.53. The van der Waals surface area contributed by atoms with Gasteiger partial charge in [0.05, 0.1) is 6.61 Å². The molecule has 114 valence electrons. The largest absolute Gasteiger partial charge is 0.487 e. The van der Waals surface area contributed by atoms with Crippen LogP contribution in [0.5, 0.6) is 5.75 Å². The Morgan fingerprint density at radius 2 is 1.95 bits per heavy atom. The van der Waals surface area contributed by atoms with Crippen LogP contribution in [0, 0.1) is 17.6 Å². The minimum absolute atomic E-state index is 0.130. The molecule has 1 heterocycles. The number of hydrogen-bond acceptors (Lipinski definition) is 3. The van der Waals surface area contributed by atoms with Crippen LogP contribution in [0.3, 0.4) is 0 Å².